The molecule has 2 aliphatic carbocycles. The number of H-pyrrole nitrogens is 1. The number of carbonyl (C=O) groups is 6. The normalized spacial score (nSPS) is 17.8. The van der Waals surface area contributed by atoms with Gasteiger partial charge in [0.05, 0.1) is 62.5 Å². The van der Waals surface area contributed by atoms with Crippen LogP contribution in [-0.2, 0) is 61.4 Å². The molecule has 460 valence electrons. The first kappa shape index (κ1) is 66.0. The van der Waals surface area contributed by atoms with E-state index in [4.69, 9.17) is 55.9 Å². The molecule has 4 heterocycles. The Morgan fingerprint density at radius 3 is 1.52 bits per heavy atom. The van der Waals surface area contributed by atoms with Crippen molar-refractivity contribution in [2.45, 2.75) is 161 Å². The first-order valence-electron chi connectivity index (χ1n) is 30.4. The molecular formula is C62H86Cl4N10O8. The summed E-state index contributed by atoms with van der Waals surface area (Å²) in [6, 6.07) is 8.04. The van der Waals surface area contributed by atoms with Gasteiger partial charge in [0, 0.05) is 83.7 Å². The molecule has 0 radical (unpaired) electrons. The highest BCUT2D eigenvalue weighted by Crippen LogP contribution is 2.48. The molecule has 4 aliphatic rings. The van der Waals surface area contributed by atoms with E-state index in [1.54, 1.807) is 52.8 Å². The van der Waals surface area contributed by atoms with Crippen LogP contribution in [0.4, 0.5) is 9.59 Å². The molecule has 84 heavy (non-hydrogen) atoms. The van der Waals surface area contributed by atoms with Gasteiger partial charge < -0.3 is 50.1 Å². The summed E-state index contributed by atoms with van der Waals surface area (Å²) < 4.78 is 13.0. The van der Waals surface area contributed by atoms with Crippen LogP contribution >= 0.6 is 46.4 Å². The quantitative estimate of drug-likeness (QED) is 0.0349. The Morgan fingerprint density at radius 2 is 1.11 bits per heavy atom. The van der Waals surface area contributed by atoms with Crippen molar-refractivity contribution in [2.75, 3.05) is 52.5 Å². The number of benzene rings is 2. The van der Waals surface area contributed by atoms with Crippen LogP contribution in [-0.4, -0.2) is 130 Å². The summed E-state index contributed by atoms with van der Waals surface area (Å²) in [6.45, 7) is 7.05. The fourth-order valence-electron chi connectivity index (χ4n) is 12.9. The predicted molar refractivity (Wildman–Crippen MR) is 327 cm³/mol. The van der Waals surface area contributed by atoms with E-state index in [-0.39, 0.29) is 54.5 Å². The fourth-order valence-corrected chi connectivity index (χ4v) is 13.5. The minimum atomic E-state index is -0.813. The lowest BCUT2D eigenvalue weighted by Gasteiger charge is -2.46. The number of aryl methyl sites for hydroxylation is 2. The number of aromatic amines is 1. The maximum atomic E-state index is 13.9. The molecule has 4 fully saturated rings. The third kappa shape index (κ3) is 18.5. The largest absolute Gasteiger partial charge is 0.466 e. The van der Waals surface area contributed by atoms with Gasteiger partial charge in [-0.25, -0.2) is 19.6 Å². The zero-order valence-corrected chi connectivity index (χ0v) is 52.1. The van der Waals surface area contributed by atoms with Crippen molar-refractivity contribution in [3.63, 3.8) is 0 Å². The number of rotatable bonds is 23. The van der Waals surface area contributed by atoms with Crippen molar-refractivity contribution in [1.82, 2.24) is 50.6 Å². The molecule has 2 saturated heterocycles. The van der Waals surface area contributed by atoms with Crippen LogP contribution in [0, 0.1) is 22.7 Å². The number of aromatic nitrogens is 4. The number of halogens is 4. The number of nitrogens with one attached hydrogen (secondary N) is 5. The number of piperidine rings is 2. The lowest BCUT2D eigenvalue weighted by atomic mass is 9.63. The van der Waals surface area contributed by atoms with Gasteiger partial charge in [-0.1, -0.05) is 103 Å². The van der Waals surface area contributed by atoms with E-state index in [0.29, 0.717) is 105 Å². The molecule has 2 aromatic heterocycles. The van der Waals surface area contributed by atoms with Crippen molar-refractivity contribution in [2.24, 2.45) is 29.7 Å². The summed E-state index contributed by atoms with van der Waals surface area (Å²) in [5, 5.41) is 13.2. The first-order chi connectivity index (χ1) is 40.5. The number of nitrogens with zero attached hydrogens (tertiary/aromatic N) is 5. The van der Waals surface area contributed by atoms with Crippen molar-refractivity contribution < 1.29 is 38.2 Å². The molecule has 8 rings (SSSR count). The second-order valence-corrected chi connectivity index (χ2v) is 24.7. The summed E-state index contributed by atoms with van der Waals surface area (Å²) in [5.41, 5.74) is 2.45. The van der Waals surface area contributed by atoms with Gasteiger partial charge in [0.2, 0.25) is 11.8 Å². The van der Waals surface area contributed by atoms with E-state index in [9.17, 15) is 28.8 Å². The van der Waals surface area contributed by atoms with E-state index in [2.05, 4.69) is 36.2 Å². The first-order valence-corrected chi connectivity index (χ1v) is 31.9. The van der Waals surface area contributed by atoms with Crippen LogP contribution < -0.4 is 21.3 Å². The maximum Gasteiger partial charge on any atom is 0.315 e. The van der Waals surface area contributed by atoms with Crippen molar-refractivity contribution in [3.05, 3.63) is 104 Å². The molecule has 2 saturated carbocycles. The molecule has 6 amide bonds. The lowest BCUT2D eigenvalue weighted by Crippen LogP contribution is -2.56. The summed E-state index contributed by atoms with van der Waals surface area (Å²) in [7, 11) is 1.89. The molecule has 4 aromatic rings. The van der Waals surface area contributed by atoms with Gasteiger partial charge in [-0.05, 0) is 132 Å². The predicted octanol–water partition coefficient (Wildman–Crippen LogP) is 11.0. The highest BCUT2D eigenvalue weighted by molar-refractivity contribution is 6.42. The van der Waals surface area contributed by atoms with Gasteiger partial charge in [-0.2, -0.15) is 0 Å². The molecule has 2 aromatic carbocycles. The van der Waals surface area contributed by atoms with E-state index >= 15 is 0 Å². The standard InChI is InChI=1S/C32H45Cl2N5O4.C30H41Cl2N5O4/c1-2-43-30(41)32(24-9-5-3-6-10-24)14-17-39(18-15-32)29(40)28(20-23-12-13-26(33)27(34)19-23)38-31(42)36-16-8-4-7-11-25-21-35-22-37-25;1-3-41-28(39)30(22-7-5-4-6-8-22)12-15-37(16-13-30)27(38)26(18-21-9-10-24(31)25(32)17-21)35-29(40)33-14-11-23-19-36(2)20-34-23/h12-13,19,21-22,24,28H,2-11,14-18,20H2,1H3,(H,35,37)(H2,36,38,42);9-10,17,19-20,22,26H,3-8,11-16,18H2,1-2H3,(H2,33,35,40)/t28-;26-/m11/s1. The number of esters is 2. The Labute approximate surface area is 515 Å². The Bertz CT molecular complexity index is 2770. The SMILES string of the molecule is CCOC(=O)C1(C2CCCCC2)CCN(C(=O)[C@@H](Cc2ccc(Cl)c(Cl)c2)NC(=O)NCCCCCc2cnc[nH]2)CC1.CCOC(=O)C1(C2CCCCC2)CCN(C(=O)[C@@H](Cc2ccc(Cl)c(Cl)c2)NC(=O)NCCc2cn(C)cn2)CC1. The van der Waals surface area contributed by atoms with Crippen LogP contribution in [0.1, 0.15) is 146 Å². The Balaban J connectivity index is 0.000000241. The number of hydrogen-bond donors (Lipinski definition) is 5. The summed E-state index contributed by atoms with van der Waals surface area (Å²) in [5.74, 6) is -0.0327. The van der Waals surface area contributed by atoms with Crippen LogP contribution in [0.2, 0.25) is 20.1 Å². The monoisotopic (exact) mass is 1240 g/mol. The van der Waals surface area contributed by atoms with E-state index in [1.165, 1.54) is 12.8 Å². The average Bonchev–Trinajstić information content (AvgIpc) is 2.57. The topological polar surface area (TPSA) is 222 Å². The molecule has 2 atom stereocenters. The number of carbonyl (C=O) groups excluding carboxylic acids is 6. The molecule has 18 nitrogen and oxygen atoms in total. The third-order valence-electron chi connectivity index (χ3n) is 17.5. The number of hydrogen-bond acceptors (Lipinski definition) is 10. The van der Waals surface area contributed by atoms with Crippen LogP contribution in [0.5, 0.6) is 0 Å². The fraction of sp³-hybridized carbons (Fsp3) is 0.613. The van der Waals surface area contributed by atoms with Crippen molar-refractivity contribution in [1.29, 1.82) is 0 Å². The van der Waals surface area contributed by atoms with Gasteiger partial charge in [0.15, 0.2) is 0 Å². The maximum absolute atomic E-state index is 13.9. The molecule has 0 spiro atoms. The Kier molecular flexibility index (Phi) is 25.8. The number of ether oxygens (including phenoxy) is 2. The molecule has 2 aliphatic heterocycles. The number of amides is 6. The van der Waals surface area contributed by atoms with Crippen molar-refractivity contribution in [3.8, 4) is 0 Å². The average molecular weight is 1240 g/mol. The van der Waals surface area contributed by atoms with E-state index < -0.39 is 28.9 Å². The number of urea groups is 2. The van der Waals surface area contributed by atoms with Gasteiger partial charge >= 0.3 is 24.0 Å². The highest BCUT2D eigenvalue weighted by Gasteiger charge is 2.51. The number of unbranched alkanes of at least 4 members (excludes halogenated alkanes) is 2. The summed E-state index contributed by atoms with van der Waals surface area (Å²) >= 11 is 24.7. The van der Waals surface area contributed by atoms with Crippen LogP contribution in [0.25, 0.3) is 0 Å². The summed E-state index contributed by atoms with van der Waals surface area (Å²) in [4.78, 5) is 95.1. The van der Waals surface area contributed by atoms with Gasteiger partial charge in [-0.3, -0.25) is 19.2 Å². The van der Waals surface area contributed by atoms with Crippen LogP contribution in [0.15, 0.2) is 61.4 Å². The summed E-state index contributed by atoms with van der Waals surface area (Å²) in [6.07, 6.45) is 25.2. The lowest BCUT2D eigenvalue weighted by molar-refractivity contribution is -0.166. The third-order valence-corrected chi connectivity index (χ3v) is 19.0. The highest BCUT2D eigenvalue weighted by atomic mass is 35.5. The molecular weight excluding hydrogens is 1150 g/mol. The minimum absolute atomic E-state index is 0.122. The molecule has 0 bridgehead atoms. The van der Waals surface area contributed by atoms with Gasteiger partial charge in [0.1, 0.15) is 12.1 Å². The second kappa shape index (κ2) is 32.8. The molecule has 0 unspecified atom stereocenters. The van der Waals surface area contributed by atoms with Crippen molar-refractivity contribution >= 4 is 82.2 Å². The number of likely N-dealkylation sites (tertiary alicyclic amines) is 2. The second-order valence-electron chi connectivity index (χ2n) is 23.1. The van der Waals surface area contributed by atoms with Gasteiger partial charge in [0.25, 0.3) is 0 Å². The van der Waals surface area contributed by atoms with E-state index in [0.717, 1.165) is 99.6 Å². The smallest absolute Gasteiger partial charge is 0.315 e. The van der Waals surface area contributed by atoms with Gasteiger partial charge in [-0.15, -0.1) is 0 Å². The zero-order chi connectivity index (χ0) is 60.1. The molecule has 22 heteroatoms. The van der Waals surface area contributed by atoms with Crippen LogP contribution in [0.3, 0.4) is 0 Å². The van der Waals surface area contributed by atoms with E-state index in [1.807, 2.05) is 43.9 Å². The Morgan fingerprint density at radius 1 is 0.631 bits per heavy atom. The zero-order valence-electron chi connectivity index (χ0n) is 49.1. The molecule has 5 N–H and O–H groups in total. The number of imidazole rings is 2. The Hall–Kier alpha value is -5.56. The minimum Gasteiger partial charge on any atom is -0.466 e.